The second-order valence-electron chi connectivity index (χ2n) is 5.14. The fraction of sp³-hybridized carbons (Fsp3) is 0.294. The molecule has 4 heteroatoms. The van der Waals surface area contributed by atoms with Crippen LogP contribution in [0.4, 0.5) is 5.69 Å². The van der Waals surface area contributed by atoms with Gasteiger partial charge in [0.2, 0.25) is 0 Å². The van der Waals surface area contributed by atoms with Gasteiger partial charge in [0.15, 0.2) is 0 Å². The van der Waals surface area contributed by atoms with Gasteiger partial charge in [0.1, 0.15) is 18.5 Å². The number of aliphatic hydroxyl groups is 1. The van der Waals surface area contributed by atoms with Crippen LogP contribution in [0.5, 0.6) is 5.75 Å². The van der Waals surface area contributed by atoms with Gasteiger partial charge >= 0.3 is 0 Å². The lowest BCUT2D eigenvalue weighted by Gasteiger charge is -2.23. The molecule has 0 aliphatic carbocycles. The summed E-state index contributed by atoms with van der Waals surface area (Å²) in [6.07, 6.45) is -0.564. The van der Waals surface area contributed by atoms with Crippen LogP contribution in [-0.2, 0) is 0 Å². The van der Waals surface area contributed by atoms with Crippen LogP contribution in [0.1, 0.15) is 5.56 Å². The number of ether oxygens (including phenoxy) is 1. The zero-order valence-electron chi connectivity index (χ0n) is 12.3. The molecule has 0 radical (unpaired) electrons. The van der Waals surface area contributed by atoms with Crippen molar-refractivity contribution in [2.24, 2.45) is 0 Å². The van der Waals surface area contributed by atoms with Crippen LogP contribution in [0.2, 0.25) is 5.02 Å². The Morgan fingerprint density at radius 1 is 1.19 bits per heavy atom. The number of anilines is 1. The summed E-state index contributed by atoms with van der Waals surface area (Å²) in [5.41, 5.74) is 2.28. The zero-order valence-corrected chi connectivity index (χ0v) is 13.0. The van der Waals surface area contributed by atoms with Gasteiger partial charge in [-0.1, -0.05) is 23.7 Å². The first-order valence-electron chi connectivity index (χ1n) is 6.89. The molecule has 0 heterocycles. The average molecular weight is 306 g/mol. The van der Waals surface area contributed by atoms with Crippen molar-refractivity contribution in [3.63, 3.8) is 0 Å². The predicted octanol–water partition coefficient (Wildman–Crippen LogP) is 3.52. The SMILES string of the molecule is Cc1cccc(N(C)CC(O)COc2ccc(Cl)cc2)c1. The van der Waals surface area contributed by atoms with Gasteiger partial charge in [-0.25, -0.2) is 0 Å². The molecule has 0 saturated heterocycles. The van der Waals surface area contributed by atoms with Crippen LogP contribution in [0.3, 0.4) is 0 Å². The second-order valence-corrected chi connectivity index (χ2v) is 5.57. The van der Waals surface area contributed by atoms with Gasteiger partial charge in [0, 0.05) is 24.3 Å². The molecule has 21 heavy (non-hydrogen) atoms. The Hall–Kier alpha value is -1.71. The molecule has 1 unspecified atom stereocenters. The first-order chi connectivity index (χ1) is 10.0. The molecular formula is C17H20ClNO2. The van der Waals surface area contributed by atoms with E-state index in [1.807, 2.05) is 24.1 Å². The lowest BCUT2D eigenvalue weighted by atomic mass is 10.2. The lowest BCUT2D eigenvalue weighted by molar-refractivity contribution is 0.113. The van der Waals surface area contributed by atoms with Gasteiger partial charge in [0.05, 0.1) is 0 Å². The summed E-state index contributed by atoms with van der Waals surface area (Å²) in [4.78, 5) is 2.02. The number of benzene rings is 2. The summed E-state index contributed by atoms with van der Waals surface area (Å²) in [5, 5.41) is 10.7. The minimum atomic E-state index is -0.564. The Balaban J connectivity index is 1.83. The maximum Gasteiger partial charge on any atom is 0.119 e. The fourth-order valence-corrected chi connectivity index (χ4v) is 2.19. The highest BCUT2D eigenvalue weighted by molar-refractivity contribution is 6.30. The molecule has 0 aromatic heterocycles. The molecule has 2 aromatic rings. The van der Waals surface area contributed by atoms with E-state index in [0.717, 1.165) is 5.69 Å². The molecule has 2 aromatic carbocycles. The monoisotopic (exact) mass is 305 g/mol. The number of aliphatic hydroxyl groups excluding tert-OH is 1. The van der Waals surface area contributed by atoms with Crippen molar-refractivity contribution in [2.45, 2.75) is 13.0 Å². The highest BCUT2D eigenvalue weighted by atomic mass is 35.5. The normalized spacial score (nSPS) is 12.0. The number of aryl methyl sites for hydroxylation is 1. The van der Waals surface area contributed by atoms with E-state index in [2.05, 4.69) is 19.1 Å². The number of hydrogen-bond donors (Lipinski definition) is 1. The number of nitrogens with zero attached hydrogens (tertiary/aromatic N) is 1. The van der Waals surface area contributed by atoms with E-state index < -0.39 is 6.10 Å². The topological polar surface area (TPSA) is 32.7 Å². The van der Waals surface area contributed by atoms with Gasteiger partial charge in [-0.3, -0.25) is 0 Å². The van der Waals surface area contributed by atoms with E-state index >= 15 is 0 Å². The van der Waals surface area contributed by atoms with Gasteiger partial charge in [0.25, 0.3) is 0 Å². The van der Waals surface area contributed by atoms with E-state index in [0.29, 0.717) is 17.3 Å². The average Bonchev–Trinajstić information content (AvgIpc) is 2.46. The smallest absolute Gasteiger partial charge is 0.119 e. The van der Waals surface area contributed by atoms with E-state index in [4.69, 9.17) is 16.3 Å². The Labute approximate surface area is 130 Å². The predicted molar refractivity (Wildman–Crippen MR) is 87.4 cm³/mol. The molecule has 1 N–H and O–H groups in total. The van der Waals surface area contributed by atoms with Crippen LogP contribution in [0, 0.1) is 6.92 Å². The Bertz CT molecular complexity index is 571. The molecule has 112 valence electrons. The maximum absolute atomic E-state index is 10.1. The van der Waals surface area contributed by atoms with E-state index in [1.165, 1.54) is 5.56 Å². The lowest BCUT2D eigenvalue weighted by Crippen LogP contribution is -2.33. The van der Waals surface area contributed by atoms with Crippen molar-refractivity contribution in [2.75, 3.05) is 25.1 Å². The zero-order chi connectivity index (χ0) is 15.2. The van der Waals surface area contributed by atoms with Crippen LogP contribution in [-0.4, -0.2) is 31.4 Å². The van der Waals surface area contributed by atoms with Crippen molar-refractivity contribution in [1.29, 1.82) is 0 Å². The van der Waals surface area contributed by atoms with Gasteiger partial charge in [-0.15, -0.1) is 0 Å². The third kappa shape index (κ3) is 4.96. The molecule has 0 bridgehead atoms. The molecule has 0 saturated carbocycles. The first kappa shape index (κ1) is 15.7. The van der Waals surface area contributed by atoms with E-state index in [1.54, 1.807) is 24.3 Å². The third-order valence-electron chi connectivity index (χ3n) is 3.18. The molecule has 0 fully saturated rings. The fourth-order valence-electron chi connectivity index (χ4n) is 2.06. The molecule has 0 aliphatic rings. The largest absolute Gasteiger partial charge is 0.491 e. The Morgan fingerprint density at radius 3 is 2.57 bits per heavy atom. The highest BCUT2D eigenvalue weighted by Gasteiger charge is 2.10. The maximum atomic E-state index is 10.1. The van der Waals surface area contributed by atoms with Crippen LogP contribution in [0.25, 0.3) is 0 Å². The summed E-state index contributed by atoms with van der Waals surface area (Å²) in [5.74, 6) is 0.705. The number of halogens is 1. The second kappa shape index (κ2) is 7.34. The van der Waals surface area contributed by atoms with Crippen molar-refractivity contribution in [3.05, 3.63) is 59.1 Å². The first-order valence-corrected chi connectivity index (χ1v) is 7.26. The van der Waals surface area contributed by atoms with Crippen LogP contribution >= 0.6 is 11.6 Å². The van der Waals surface area contributed by atoms with Gasteiger partial charge in [-0.2, -0.15) is 0 Å². The van der Waals surface area contributed by atoms with E-state index in [-0.39, 0.29) is 6.61 Å². The summed E-state index contributed by atoms with van der Waals surface area (Å²) in [6, 6.07) is 15.3. The number of rotatable bonds is 6. The standard InChI is InChI=1S/C17H20ClNO2/c1-13-4-3-5-15(10-13)19(2)11-16(20)12-21-17-8-6-14(18)7-9-17/h3-10,16,20H,11-12H2,1-2H3. The van der Waals surface area contributed by atoms with Crippen molar-refractivity contribution >= 4 is 17.3 Å². The van der Waals surface area contributed by atoms with E-state index in [9.17, 15) is 5.11 Å². The molecule has 1 atom stereocenters. The molecule has 0 amide bonds. The van der Waals surface area contributed by atoms with Crippen molar-refractivity contribution in [3.8, 4) is 5.75 Å². The minimum absolute atomic E-state index is 0.248. The highest BCUT2D eigenvalue weighted by Crippen LogP contribution is 2.17. The van der Waals surface area contributed by atoms with Crippen LogP contribution in [0.15, 0.2) is 48.5 Å². The summed E-state index contributed by atoms with van der Waals surface area (Å²) in [7, 11) is 1.96. The minimum Gasteiger partial charge on any atom is -0.491 e. The quantitative estimate of drug-likeness (QED) is 0.886. The van der Waals surface area contributed by atoms with Crippen LogP contribution < -0.4 is 9.64 Å². The summed E-state index contributed by atoms with van der Waals surface area (Å²) >= 11 is 5.81. The summed E-state index contributed by atoms with van der Waals surface area (Å²) < 4.78 is 5.55. The van der Waals surface area contributed by atoms with Crippen molar-refractivity contribution < 1.29 is 9.84 Å². The molecule has 3 nitrogen and oxygen atoms in total. The number of likely N-dealkylation sites (N-methyl/N-ethyl adjacent to an activating group) is 1. The molecule has 0 aliphatic heterocycles. The summed E-state index contributed by atoms with van der Waals surface area (Å²) in [6.45, 7) is 2.81. The van der Waals surface area contributed by atoms with Gasteiger partial charge < -0.3 is 14.7 Å². The Kier molecular flexibility index (Phi) is 5.48. The van der Waals surface area contributed by atoms with Crippen molar-refractivity contribution in [1.82, 2.24) is 0 Å². The molecular weight excluding hydrogens is 286 g/mol. The Morgan fingerprint density at radius 2 is 1.90 bits per heavy atom. The third-order valence-corrected chi connectivity index (χ3v) is 3.44. The molecule has 0 spiro atoms. The van der Waals surface area contributed by atoms with Gasteiger partial charge in [-0.05, 0) is 48.9 Å². The number of hydrogen-bond acceptors (Lipinski definition) is 3. The molecule has 2 rings (SSSR count).